The minimum Gasteiger partial charge on any atom is -0.392 e. The number of aliphatic hydroxyl groups is 1. The van der Waals surface area contributed by atoms with Gasteiger partial charge in [0.2, 0.25) is 0 Å². The van der Waals surface area contributed by atoms with Crippen LogP contribution in [-0.2, 0) is 0 Å². The minimum absolute atomic E-state index is 0.205. The maximum atomic E-state index is 9.83. The first-order valence-corrected chi connectivity index (χ1v) is 6.49. The SMILES string of the molecule is OC(CSc1ncn[nH]1)CC1CCCC1. The molecule has 2 rings (SSSR count). The van der Waals surface area contributed by atoms with Crippen molar-refractivity contribution in [2.45, 2.75) is 43.4 Å². The molecule has 0 aliphatic heterocycles. The van der Waals surface area contributed by atoms with Crippen molar-refractivity contribution >= 4 is 11.8 Å². The number of hydrogen-bond donors (Lipinski definition) is 2. The Hall–Kier alpha value is -0.550. The Morgan fingerprint density at radius 3 is 3.00 bits per heavy atom. The van der Waals surface area contributed by atoms with Crippen LogP contribution in [0.4, 0.5) is 0 Å². The molecule has 0 spiro atoms. The van der Waals surface area contributed by atoms with E-state index in [1.165, 1.54) is 43.8 Å². The van der Waals surface area contributed by atoms with Gasteiger partial charge in [-0.25, -0.2) is 4.98 Å². The highest BCUT2D eigenvalue weighted by molar-refractivity contribution is 7.99. The highest BCUT2D eigenvalue weighted by Crippen LogP contribution is 2.29. The lowest BCUT2D eigenvalue weighted by Crippen LogP contribution is -2.14. The van der Waals surface area contributed by atoms with Gasteiger partial charge in [-0.05, 0) is 12.3 Å². The van der Waals surface area contributed by atoms with Gasteiger partial charge in [0.15, 0.2) is 5.16 Å². The summed E-state index contributed by atoms with van der Waals surface area (Å²) in [6.45, 7) is 0. The lowest BCUT2D eigenvalue weighted by atomic mass is 10.0. The summed E-state index contributed by atoms with van der Waals surface area (Å²) >= 11 is 1.54. The Morgan fingerprint density at radius 2 is 2.33 bits per heavy atom. The third-order valence-corrected chi connectivity index (χ3v) is 3.91. The van der Waals surface area contributed by atoms with Gasteiger partial charge in [0.1, 0.15) is 6.33 Å². The first kappa shape index (κ1) is 11.0. The average Bonchev–Trinajstić information content (AvgIpc) is 2.86. The Balaban J connectivity index is 1.66. The van der Waals surface area contributed by atoms with Crippen molar-refractivity contribution < 1.29 is 5.11 Å². The van der Waals surface area contributed by atoms with Gasteiger partial charge in [0.05, 0.1) is 6.10 Å². The van der Waals surface area contributed by atoms with Crippen LogP contribution in [0.2, 0.25) is 0 Å². The molecule has 1 aliphatic carbocycles. The molecule has 0 aromatic carbocycles. The minimum atomic E-state index is -0.205. The molecule has 5 heteroatoms. The second kappa shape index (κ2) is 5.51. The molecule has 1 saturated carbocycles. The number of hydrogen-bond acceptors (Lipinski definition) is 4. The van der Waals surface area contributed by atoms with Gasteiger partial charge in [0, 0.05) is 5.75 Å². The number of nitrogens with zero attached hydrogens (tertiary/aromatic N) is 2. The fourth-order valence-electron chi connectivity index (χ4n) is 2.14. The molecule has 0 radical (unpaired) electrons. The third-order valence-electron chi connectivity index (χ3n) is 2.89. The normalized spacial score (nSPS) is 19.5. The molecule has 1 aromatic rings. The van der Waals surface area contributed by atoms with Crippen LogP contribution in [0.5, 0.6) is 0 Å². The molecule has 84 valence electrons. The monoisotopic (exact) mass is 227 g/mol. The molecule has 0 amide bonds. The predicted molar refractivity (Wildman–Crippen MR) is 59.7 cm³/mol. The van der Waals surface area contributed by atoms with Crippen LogP contribution in [0.3, 0.4) is 0 Å². The van der Waals surface area contributed by atoms with E-state index in [-0.39, 0.29) is 6.10 Å². The fourth-order valence-corrected chi connectivity index (χ4v) is 2.86. The van der Waals surface area contributed by atoms with Crippen LogP contribution in [0, 0.1) is 5.92 Å². The van der Waals surface area contributed by atoms with Gasteiger partial charge in [0.25, 0.3) is 0 Å². The first-order valence-electron chi connectivity index (χ1n) is 5.51. The molecule has 0 bridgehead atoms. The van der Waals surface area contributed by atoms with Crippen molar-refractivity contribution in [1.29, 1.82) is 0 Å². The van der Waals surface area contributed by atoms with Gasteiger partial charge < -0.3 is 5.11 Å². The summed E-state index contributed by atoms with van der Waals surface area (Å²) in [5.41, 5.74) is 0. The van der Waals surface area contributed by atoms with Crippen LogP contribution < -0.4 is 0 Å². The largest absolute Gasteiger partial charge is 0.392 e. The molecule has 1 fully saturated rings. The van der Waals surface area contributed by atoms with Gasteiger partial charge >= 0.3 is 0 Å². The molecular weight excluding hydrogens is 210 g/mol. The summed E-state index contributed by atoms with van der Waals surface area (Å²) in [5.74, 6) is 1.46. The van der Waals surface area contributed by atoms with Gasteiger partial charge in [-0.15, -0.1) is 0 Å². The summed E-state index contributed by atoms with van der Waals surface area (Å²) in [6, 6.07) is 0. The smallest absolute Gasteiger partial charge is 0.183 e. The van der Waals surface area contributed by atoms with E-state index < -0.39 is 0 Å². The van der Waals surface area contributed by atoms with E-state index >= 15 is 0 Å². The Morgan fingerprint density at radius 1 is 1.53 bits per heavy atom. The fraction of sp³-hybridized carbons (Fsp3) is 0.800. The topological polar surface area (TPSA) is 61.8 Å². The number of H-pyrrole nitrogens is 1. The van der Waals surface area contributed by atoms with Crippen LogP contribution in [-0.4, -0.2) is 32.1 Å². The molecule has 2 N–H and O–H groups in total. The Labute approximate surface area is 93.9 Å². The number of aromatic amines is 1. The van der Waals surface area contributed by atoms with Gasteiger partial charge in [-0.3, -0.25) is 5.10 Å². The molecule has 1 atom stereocenters. The van der Waals surface area contributed by atoms with E-state index in [9.17, 15) is 5.11 Å². The second-order valence-corrected chi connectivity index (χ2v) is 5.15. The van der Waals surface area contributed by atoms with Crippen molar-refractivity contribution in [3.05, 3.63) is 6.33 Å². The van der Waals surface area contributed by atoms with Crippen LogP contribution in [0.15, 0.2) is 11.5 Å². The number of aromatic nitrogens is 3. The quantitative estimate of drug-likeness (QED) is 0.753. The molecular formula is C10H17N3OS. The molecule has 1 unspecified atom stereocenters. The zero-order chi connectivity index (χ0) is 10.5. The van der Waals surface area contributed by atoms with Crippen LogP contribution >= 0.6 is 11.8 Å². The van der Waals surface area contributed by atoms with Gasteiger partial charge in [-0.1, -0.05) is 37.4 Å². The number of nitrogens with one attached hydrogen (secondary N) is 1. The van der Waals surface area contributed by atoms with E-state index in [1.54, 1.807) is 0 Å². The van der Waals surface area contributed by atoms with E-state index in [0.717, 1.165) is 17.5 Å². The highest BCUT2D eigenvalue weighted by atomic mass is 32.2. The lowest BCUT2D eigenvalue weighted by Gasteiger charge is -2.13. The average molecular weight is 227 g/mol. The molecule has 4 nitrogen and oxygen atoms in total. The number of thioether (sulfide) groups is 1. The Bertz CT molecular complexity index is 272. The molecule has 1 aromatic heterocycles. The molecule has 1 heterocycles. The van der Waals surface area contributed by atoms with Crippen LogP contribution in [0.25, 0.3) is 0 Å². The zero-order valence-corrected chi connectivity index (χ0v) is 9.54. The summed E-state index contributed by atoms with van der Waals surface area (Å²) in [4.78, 5) is 4.01. The summed E-state index contributed by atoms with van der Waals surface area (Å²) in [7, 11) is 0. The summed E-state index contributed by atoms with van der Waals surface area (Å²) < 4.78 is 0. The first-order chi connectivity index (χ1) is 7.34. The predicted octanol–water partition coefficient (Wildman–Crippen LogP) is 1.84. The van der Waals surface area contributed by atoms with E-state index in [0.29, 0.717) is 5.75 Å². The highest BCUT2D eigenvalue weighted by Gasteiger charge is 2.18. The van der Waals surface area contributed by atoms with E-state index in [1.807, 2.05) is 0 Å². The van der Waals surface area contributed by atoms with Crippen molar-refractivity contribution in [2.24, 2.45) is 5.92 Å². The van der Waals surface area contributed by atoms with Crippen molar-refractivity contribution in [3.8, 4) is 0 Å². The van der Waals surface area contributed by atoms with Crippen LogP contribution in [0.1, 0.15) is 32.1 Å². The van der Waals surface area contributed by atoms with E-state index in [2.05, 4.69) is 15.2 Å². The van der Waals surface area contributed by atoms with E-state index in [4.69, 9.17) is 0 Å². The molecule has 15 heavy (non-hydrogen) atoms. The Kier molecular flexibility index (Phi) is 4.02. The standard InChI is InChI=1S/C10H17N3OS/c14-9(5-8-3-1-2-4-8)6-15-10-11-7-12-13-10/h7-9,14H,1-6H2,(H,11,12,13). The van der Waals surface area contributed by atoms with Crippen molar-refractivity contribution in [3.63, 3.8) is 0 Å². The maximum absolute atomic E-state index is 9.83. The third kappa shape index (κ3) is 3.50. The second-order valence-electron chi connectivity index (χ2n) is 4.14. The number of aliphatic hydroxyl groups excluding tert-OH is 1. The molecule has 1 aliphatic rings. The molecule has 0 saturated heterocycles. The summed E-state index contributed by atoms with van der Waals surface area (Å²) in [5, 5.41) is 17.2. The van der Waals surface area contributed by atoms with Crippen molar-refractivity contribution in [2.75, 3.05) is 5.75 Å². The van der Waals surface area contributed by atoms with Gasteiger partial charge in [-0.2, -0.15) is 5.10 Å². The maximum Gasteiger partial charge on any atom is 0.183 e. The zero-order valence-electron chi connectivity index (χ0n) is 8.72. The summed E-state index contributed by atoms with van der Waals surface area (Å²) in [6.07, 6.45) is 7.50. The van der Waals surface area contributed by atoms with Crippen molar-refractivity contribution in [1.82, 2.24) is 15.2 Å². The number of rotatable bonds is 5. The lowest BCUT2D eigenvalue weighted by molar-refractivity contribution is 0.165.